The van der Waals surface area contributed by atoms with Crippen LogP contribution in [-0.4, -0.2) is 59.9 Å². The summed E-state index contributed by atoms with van der Waals surface area (Å²) in [7, 11) is 1.61. The minimum Gasteiger partial charge on any atom is -0.313 e. The maximum Gasteiger partial charge on any atom is 0.246 e. The zero-order valence-corrected chi connectivity index (χ0v) is 11.6. The standard InChI is InChI=1S/C14H23N3O2/c1-16-13(18)8-12(14(16)19)17(11-5-6-11)9-10-4-2-3-7-15-10/h10-12,15H,2-9H2,1H3. The predicted molar refractivity (Wildman–Crippen MR) is 71.6 cm³/mol. The normalized spacial score (nSPS) is 32.4. The Morgan fingerprint density at radius 1 is 1.26 bits per heavy atom. The monoisotopic (exact) mass is 265 g/mol. The van der Waals surface area contributed by atoms with Gasteiger partial charge < -0.3 is 5.32 Å². The Balaban J connectivity index is 1.67. The van der Waals surface area contributed by atoms with Crippen LogP contribution in [0.25, 0.3) is 0 Å². The number of carbonyl (C=O) groups is 2. The summed E-state index contributed by atoms with van der Waals surface area (Å²) in [4.78, 5) is 27.5. The fourth-order valence-corrected chi connectivity index (χ4v) is 3.27. The zero-order chi connectivity index (χ0) is 13.4. The van der Waals surface area contributed by atoms with E-state index in [0.29, 0.717) is 18.5 Å². The predicted octanol–water partition coefficient (Wildman–Crippen LogP) is 0.350. The summed E-state index contributed by atoms with van der Waals surface area (Å²) < 4.78 is 0. The van der Waals surface area contributed by atoms with Crippen molar-refractivity contribution in [2.75, 3.05) is 20.1 Å². The van der Waals surface area contributed by atoms with Gasteiger partial charge in [0.25, 0.3) is 0 Å². The van der Waals surface area contributed by atoms with Crippen molar-refractivity contribution >= 4 is 11.8 Å². The first-order chi connectivity index (χ1) is 9.16. The largest absolute Gasteiger partial charge is 0.313 e. The number of likely N-dealkylation sites (N-methyl/N-ethyl adjacent to an activating group) is 1. The Labute approximate surface area is 114 Å². The van der Waals surface area contributed by atoms with Gasteiger partial charge in [-0.1, -0.05) is 6.42 Å². The molecule has 106 valence electrons. The highest BCUT2D eigenvalue weighted by atomic mass is 16.2. The van der Waals surface area contributed by atoms with E-state index < -0.39 is 0 Å². The summed E-state index contributed by atoms with van der Waals surface area (Å²) in [6, 6.07) is 0.814. The second-order valence-electron chi connectivity index (χ2n) is 6.09. The molecule has 0 aromatic heterocycles. The molecule has 2 saturated heterocycles. The molecule has 0 aromatic carbocycles. The van der Waals surface area contributed by atoms with E-state index in [0.717, 1.165) is 13.1 Å². The van der Waals surface area contributed by atoms with E-state index in [1.54, 1.807) is 7.05 Å². The lowest BCUT2D eigenvalue weighted by molar-refractivity contribution is -0.138. The third-order valence-electron chi connectivity index (χ3n) is 4.62. The summed E-state index contributed by atoms with van der Waals surface area (Å²) in [5, 5.41) is 3.54. The number of carbonyl (C=O) groups excluding carboxylic acids is 2. The molecular formula is C14H23N3O2. The number of nitrogens with one attached hydrogen (secondary N) is 1. The zero-order valence-electron chi connectivity index (χ0n) is 11.6. The van der Waals surface area contributed by atoms with Crippen molar-refractivity contribution in [2.24, 2.45) is 0 Å². The van der Waals surface area contributed by atoms with E-state index >= 15 is 0 Å². The fraction of sp³-hybridized carbons (Fsp3) is 0.857. The minimum atomic E-state index is -0.200. The van der Waals surface area contributed by atoms with Gasteiger partial charge in [-0.15, -0.1) is 0 Å². The minimum absolute atomic E-state index is 0.00675. The molecule has 5 nitrogen and oxygen atoms in total. The van der Waals surface area contributed by atoms with Crippen molar-refractivity contribution in [3.63, 3.8) is 0 Å². The number of amides is 2. The van der Waals surface area contributed by atoms with Gasteiger partial charge in [0, 0.05) is 25.7 Å². The molecule has 1 aliphatic carbocycles. The number of rotatable bonds is 4. The second kappa shape index (κ2) is 5.21. The summed E-state index contributed by atoms with van der Waals surface area (Å²) in [6.07, 6.45) is 6.44. The maximum absolute atomic E-state index is 12.2. The third-order valence-corrected chi connectivity index (χ3v) is 4.62. The number of likely N-dealkylation sites (tertiary alicyclic amines) is 1. The van der Waals surface area contributed by atoms with Crippen LogP contribution >= 0.6 is 0 Å². The lowest BCUT2D eigenvalue weighted by Gasteiger charge is -2.33. The summed E-state index contributed by atoms with van der Waals surface area (Å²) in [6.45, 7) is 2.00. The van der Waals surface area contributed by atoms with Crippen LogP contribution in [0.4, 0.5) is 0 Å². The van der Waals surface area contributed by atoms with Gasteiger partial charge in [0.2, 0.25) is 11.8 Å². The van der Waals surface area contributed by atoms with Crippen LogP contribution in [0.1, 0.15) is 38.5 Å². The molecule has 19 heavy (non-hydrogen) atoms. The SMILES string of the molecule is CN1C(=O)CC(N(CC2CCCCN2)C2CC2)C1=O. The first-order valence-corrected chi connectivity index (χ1v) is 7.46. The quantitative estimate of drug-likeness (QED) is 0.745. The van der Waals surface area contributed by atoms with Gasteiger partial charge in [0.1, 0.15) is 0 Å². The van der Waals surface area contributed by atoms with Crippen LogP contribution in [0, 0.1) is 0 Å². The summed E-state index contributed by atoms with van der Waals surface area (Å²) >= 11 is 0. The van der Waals surface area contributed by atoms with E-state index in [9.17, 15) is 9.59 Å². The van der Waals surface area contributed by atoms with Crippen LogP contribution in [0.2, 0.25) is 0 Å². The Hall–Kier alpha value is -0.940. The molecule has 2 atom stereocenters. The average molecular weight is 265 g/mol. The van der Waals surface area contributed by atoms with Gasteiger partial charge in [0.05, 0.1) is 12.5 Å². The Bertz CT molecular complexity index is 375. The van der Waals surface area contributed by atoms with Gasteiger partial charge in [-0.25, -0.2) is 0 Å². The van der Waals surface area contributed by atoms with E-state index in [4.69, 9.17) is 0 Å². The highest BCUT2D eigenvalue weighted by Gasteiger charge is 2.45. The molecule has 0 aromatic rings. The molecule has 2 aliphatic heterocycles. The summed E-state index contributed by atoms with van der Waals surface area (Å²) in [5.41, 5.74) is 0. The Kier molecular flexibility index (Phi) is 3.58. The molecule has 0 radical (unpaired) electrons. The number of piperidine rings is 1. The molecule has 0 bridgehead atoms. The number of imide groups is 1. The Morgan fingerprint density at radius 3 is 2.58 bits per heavy atom. The van der Waals surface area contributed by atoms with Crippen molar-refractivity contribution < 1.29 is 9.59 Å². The number of hydrogen-bond acceptors (Lipinski definition) is 4. The molecule has 3 rings (SSSR count). The van der Waals surface area contributed by atoms with Crippen LogP contribution < -0.4 is 5.32 Å². The molecule has 1 saturated carbocycles. The van der Waals surface area contributed by atoms with Gasteiger partial charge in [0.15, 0.2) is 0 Å². The van der Waals surface area contributed by atoms with Crippen molar-refractivity contribution in [3.8, 4) is 0 Å². The maximum atomic E-state index is 12.2. The van der Waals surface area contributed by atoms with E-state index in [1.165, 1.54) is 37.0 Å². The molecule has 2 heterocycles. The first kappa shape index (κ1) is 13.1. The molecule has 1 N–H and O–H groups in total. The molecule has 3 fully saturated rings. The van der Waals surface area contributed by atoms with Gasteiger partial charge >= 0.3 is 0 Å². The summed E-state index contributed by atoms with van der Waals surface area (Å²) in [5.74, 6) is -0.0371. The molecule has 2 unspecified atom stereocenters. The van der Waals surface area contributed by atoms with E-state index in [2.05, 4.69) is 10.2 Å². The lowest BCUT2D eigenvalue weighted by Crippen LogP contribution is -2.50. The molecule has 2 amide bonds. The van der Waals surface area contributed by atoms with Gasteiger partial charge in [-0.05, 0) is 32.2 Å². The smallest absolute Gasteiger partial charge is 0.246 e. The highest BCUT2D eigenvalue weighted by Crippen LogP contribution is 2.32. The van der Waals surface area contributed by atoms with Crippen LogP contribution in [-0.2, 0) is 9.59 Å². The number of hydrogen-bond donors (Lipinski definition) is 1. The highest BCUT2D eigenvalue weighted by molar-refractivity contribution is 6.05. The van der Waals surface area contributed by atoms with Gasteiger partial charge in [-0.3, -0.25) is 19.4 Å². The third kappa shape index (κ3) is 2.67. The first-order valence-electron chi connectivity index (χ1n) is 7.46. The molecule has 5 heteroatoms. The van der Waals surface area contributed by atoms with Crippen molar-refractivity contribution in [2.45, 2.75) is 56.7 Å². The second-order valence-corrected chi connectivity index (χ2v) is 6.09. The van der Waals surface area contributed by atoms with E-state index in [-0.39, 0.29) is 17.9 Å². The lowest BCUT2D eigenvalue weighted by atomic mass is 10.0. The van der Waals surface area contributed by atoms with Crippen LogP contribution in [0.15, 0.2) is 0 Å². The van der Waals surface area contributed by atoms with E-state index in [1.807, 2.05) is 0 Å². The van der Waals surface area contributed by atoms with Crippen molar-refractivity contribution in [3.05, 3.63) is 0 Å². The fourth-order valence-electron chi connectivity index (χ4n) is 3.27. The van der Waals surface area contributed by atoms with Crippen LogP contribution in [0.5, 0.6) is 0 Å². The van der Waals surface area contributed by atoms with Crippen molar-refractivity contribution in [1.29, 1.82) is 0 Å². The number of nitrogens with zero attached hydrogens (tertiary/aromatic N) is 2. The van der Waals surface area contributed by atoms with Gasteiger partial charge in [-0.2, -0.15) is 0 Å². The molecular weight excluding hydrogens is 242 g/mol. The average Bonchev–Trinajstić information content (AvgIpc) is 3.22. The Morgan fingerprint density at radius 2 is 2.05 bits per heavy atom. The molecule has 3 aliphatic rings. The topological polar surface area (TPSA) is 52.7 Å². The van der Waals surface area contributed by atoms with Crippen molar-refractivity contribution in [1.82, 2.24) is 15.1 Å². The van der Waals surface area contributed by atoms with Crippen LogP contribution in [0.3, 0.4) is 0 Å². The molecule has 0 spiro atoms.